The zero-order chi connectivity index (χ0) is 14.7. The van der Waals surface area contributed by atoms with Crippen LogP contribution >= 0.6 is 0 Å². The second kappa shape index (κ2) is 5.61. The molecule has 1 aliphatic rings. The van der Waals surface area contributed by atoms with E-state index in [0.717, 1.165) is 11.3 Å². The molecule has 8 heteroatoms. The van der Waals surface area contributed by atoms with Crippen LogP contribution in [0.1, 0.15) is 21.6 Å². The average molecular weight is 286 g/mol. The molecule has 21 heavy (non-hydrogen) atoms. The first-order valence-corrected chi connectivity index (χ1v) is 6.53. The number of carbonyl (C=O) groups excluding carboxylic acids is 2. The highest BCUT2D eigenvalue weighted by Crippen LogP contribution is 2.20. The third-order valence-electron chi connectivity index (χ3n) is 3.19. The number of rotatable bonds is 4. The monoisotopic (exact) mass is 286 g/mol. The molecule has 4 N–H and O–H groups in total. The minimum atomic E-state index is -0.258. The summed E-state index contributed by atoms with van der Waals surface area (Å²) in [6, 6.07) is 4.99. The molecular weight excluding hydrogens is 272 g/mol. The number of aromatic nitrogens is 3. The van der Waals surface area contributed by atoms with Crippen molar-refractivity contribution < 1.29 is 9.59 Å². The first kappa shape index (κ1) is 13.1. The molecule has 2 heterocycles. The molecule has 0 spiro atoms. The predicted molar refractivity (Wildman–Crippen MR) is 74.7 cm³/mol. The molecule has 0 unspecified atom stereocenters. The molecule has 0 saturated heterocycles. The van der Waals surface area contributed by atoms with Crippen LogP contribution in [0.3, 0.4) is 0 Å². The maximum Gasteiger partial charge on any atom is 0.319 e. The number of benzene rings is 1. The van der Waals surface area contributed by atoms with E-state index in [1.165, 1.54) is 0 Å². The SMILES string of the molecule is O=C1NCc2ccc(C(=O)NCCc3cn[nH]n3)cc2N1. The van der Waals surface area contributed by atoms with Crippen LogP contribution in [0.5, 0.6) is 0 Å². The van der Waals surface area contributed by atoms with Crippen molar-refractivity contribution in [1.82, 2.24) is 26.0 Å². The van der Waals surface area contributed by atoms with Crippen molar-refractivity contribution in [2.45, 2.75) is 13.0 Å². The molecule has 3 amide bonds. The van der Waals surface area contributed by atoms with Gasteiger partial charge in [-0.1, -0.05) is 6.07 Å². The third kappa shape index (κ3) is 2.99. The first-order chi connectivity index (χ1) is 10.2. The van der Waals surface area contributed by atoms with Gasteiger partial charge in [0.15, 0.2) is 0 Å². The van der Waals surface area contributed by atoms with Crippen molar-refractivity contribution in [1.29, 1.82) is 0 Å². The summed E-state index contributed by atoms with van der Waals surface area (Å²) >= 11 is 0. The number of aromatic amines is 1. The molecule has 0 aliphatic carbocycles. The Morgan fingerprint density at radius 2 is 2.29 bits per heavy atom. The molecule has 0 fully saturated rings. The summed E-state index contributed by atoms with van der Waals surface area (Å²) < 4.78 is 0. The third-order valence-corrected chi connectivity index (χ3v) is 3.19. The van der Waals surface area contributed by atoms with Gasteiger partial charge in [0.1, 0.15) is 0 Å². The van der Waals surface area contributed by atoms with E-state index in [-0.39, 0.29) is 11.9 Å². The van der Waals surface area contributed by atoms with Gasteiger partial charge in [0.25, 0.3) is 5.91 Å². The number of anilines is 1. The Labute approximate surface area is 120 Å². The number of hydrogen-bond donors (Lipinski definition) is 4. The van der Waals surface area contributed by atoms with Gasteiger partial charge in [-0.3, -0.25) is 4.79 Å². The molecule has 1 aromatic carbocycles. The standard InChI is InChI=1S/C13H14N6O2/c20-12(14-4-3-10-7-16-19-18-10)8-1-2-9-6-15-13(21)17-11(9)5-8/h1-2,5,7H,3-4,6H2,(H,14,20)(H2,15,17,21)(H,16,18,19). The normalized spacial score (nSPS) is 13.0. The summed E-state index contributed by atoms with van der Waals surface area (Å²) in [7, 11) is 0. The van der Waals surface area contributed by atoms with E-state index in [2.05, 4.69) is 31.4 Å². The number of carbonyl (C=O) groups is 2. The lowest BCUT2D eigenvalue weighted by atomic mass is 10.1. The Morgan fingerprint density at radius 1 is 1.38 bits per heavy atom. The van der Waals surface area contributed by atoms with E-state index in [0.29, 0.717) is 30.8 Å². The van der Waals surface area contributed by atoms with Crippen molar-refractivity contribution in [3.05, 3.63) is 41.2 Å². The first-order valence-electron chi connectivity index (χ1n) is 6.53. The Morgan fingerprint density at radius 3 is 3.10 bits per heavy atom. The number of urea groups is 1. The van der Waals surface area contributed by atoms with Gasteiger partial charge in [-0.25, -0.2) is 4.79 Å². The minimum Gasteiger partial charge on any atom is -0.352 e. The summed E-state index contributed by atoms with van der Waals surface area (Å²) in [4.78, 5) is 23.3. The quantitative estimate of drug-likeness (QED) is 0.652. The lowest BCUT2D eigenvalue weighted by Gasteiger charge is -2.18. The molecule has 1 aliphatic heterocycles. The lowest BCUT2D eigenvalue weighted by Crippen LogP contribution is -2.33. The second-order valence-corrected chi connectivity index (χ2v) is 4.65. The van der Waals surface area contributed by atoms with Gasteiger partial charge in [0, 0.05) is 30.8 Å². The second-order valence-electron chi connectivity index (χ2n) is 4.65. The van der Waals surface area contributed by atoms with E-state index in [1.807, 2.05) is 6.07 Å². The van der Waals surface area contributed by atoms with Gasteiger partial charge in [0.2, 0.25) is 0 Å². The maximum atomic E-state index is 12.1. The predicted octanol–water partition coefficient (Wildman–Crippen LogP) is 0.412. The number of nitrogens with zero attached hydrogens (tertiary/aromatic N) is 2. The molecule has 0 atom stereocenters. The van der Waals surface area contributed by atoms with Crippen molar-refractivity contribution in [3.63, 3.8) is 0 Å². The highest BCUT2D eigenvalue weighted by atomic mass is 16.2. The molecule has 1 aromatic heterocycles. The number of nitrogens with one attached hydrogen (secondary N) is 4. The Balaban J connectivity index is 1.62. The van der Waals surface area contributed by atoms with Crippen LogP contribution in [-0.4, -0.2) is 33.9 Å². The van der Waals surface area contributed by atoms with Crippen LogP contribution in [0.15, 0.2) is 24.4 Å². The zero-order valence-corrected chi connectivity index (χ0v) is 11.1. The molecule has 0 radical (unpaired) electrons. The fourth-order valence-electron chi connectivity index (χ4n) is 2.08. The van der Waals surface area contributed by atoms with Crippen molar-refractivity contribution in [2.75, 3.05) is 11.9 Å². The minimum absolute atomic E-state index is 0.186. The van der Waals surface area contributed by atoms with Gasteiger partial charge >= 0.3 is 6.03 Å². The van der Waals surface area contributed by atoms with E-state index in [1.54, 1.807) is 18.3 Å². The van der Waals surface area contributed by atoms with Gasteiger partial charge < -0.3 is 16.0 Å². The van der Waals surface area contributed by atoms with Crippen LogP contribution in [-0.2, 0) is 13.0 Å². The van der Waals surface area contributed by atoms with Crippen LogP contribution in [0.4, 0.5) is 10.5 Å². The summed E-state index contributed by atoms with van der Waals surface area (Å²) in [5.74, 6) is -0.186. The number of fused-ring (bicyclic) bond motifs is 1. The molecule has 108 valence electrons. The fraction of sp³-hybridized carbons (Fsp3) is 0.231. The van der Waals surface area contributed by atoms with Crippen molar-refractivity contribution in [2.24, 2.45) is 0 Å². The van der Waals surface area contributed by atoms with Gasteiger partial charge in [0.05, 0.1) is 11.9 Å². The van der Waals surface area contributed by atoms with E-state index in [4.69, 9.17) is 0 Å². The topological polar surface area (TPSA) is 112 Å². The summed E-state index contributed by atoms with van der Waals surface area (Å²) in [6.07, 6.45) is 2.22. The maximum absolute atomic E-state index is 12.1. The van der Waals surface area contributed by atoms with Crippen molar-refractivity contribution in [3.8, 4) is 0 Å². The highest BCUT2D eigenvalue weighted by Gasteiger charge is 2.15. The number of H-pyrrole nitrogens is 1. The van der Waals surface area contributed by atoms with E-state index >= 15 is 0 Å². The van der Waals surface area contributed by atoms with Crippen molar-refractivity contribution >= 4 is 17.6 Å². The van der Waals surface area contributed by atoms with Crippen LogP contribution < -0.4 is 16.0 Å². The molecular formula is C13H14N6O2. The van der Waals surface area contributed by atoms with E-state index in [9.17, 15) is 9.59 Å². The summed E-state index contributed by atoms with van der Waals surface area (Å²) in [6.45, 7) is 0.936. The summed E-state index contributed by atoms with van der Waals surface area (Å²) in [5, 5.41) is 18.3. The number of hydrogen-bond acceptors (Lipinski definition) is 4. The van der Waals surface area contributed by atoms with Crippen LogP contribution in [0, 0.1) is 0 Å². The smallest absolute Gasteiger partial charge is 0.319 e. The molecule has 8 nitrogen and oxygen atoms in total. The number of amides is 3. The Hall–Kier alpha value is -2.90. The molecule has 0 saturated carbocycles. The average Bonchev–Trinajstić information content (AvgIpc) is 2.99. The van der Waals surface area contributed by atoms with Gasteiger partial charge in [-0.15, -0.1) is 0 Å². The van der Waals surface area contributed by atoms with Gasteiger partial charge in [-0.2, -0.15) is 15.4 Å². The molecule has 3 rings (SSSR count). The largest absolute Gasteiger partial charge is 0.352 e. The molecule has 2 aromatic rings. The van der Waals surface area contributed by atoms with Crippen LogP contribution in [0.25, 0.3) is 0 Å². The Kier molecular flexibility index (Phi) is 3.50. The fourth-order valence-corrected chi connectivity index (χ4v) is 2.08. The molecule has 0 bridgehead atoms. The highest BCUT2D eigenvalue weighted by molar-refractivity contribution is 5.98. The summed E-state index contributed by atoms with van der Waals surface area (Å²) in [5.41, 5.74) is 2.92. The van der Waals surface area contributed by atoms with Crippen LogP contribution in [0.2, 0.25) is 0 Å². The zero-order valence-electron chi connectivity index (χ0n) is 11.1. The Bertz CT molecular complexity index is 667. The van der Waals surface area contributed by atoms with Gasteiger partial charge in [-0.05, 0) is 17.7 Å². The lowest BCUT2D eigenvalue weighted by molar-refractivity contribution is 0.0954. The van der Waals surface area contributed by atoms with E-state index < -0.39 is 0 Å².